The van der Waals surface area contributed by atoms with Gasteiger partial charge in [0.1, 0.15) is 16.2 Å². The number of aromatic nitrogens is 8. The number of para-hydroxylation sites is 3. The fraction of sp³-hybridized carbons (Fsp3) is 0. The second kappa shape index (κ2) is 34.2. The van der Waals surface area contributed by atoms with Crippen molar-refractivity contribution in [3.05, 3.63) is 467 Å². The summed E-state index contributed by atoms with van der Waals surface area (Å²) in [7, 11) is 0. The van der Waals surface area contributed by atoms with Crippen molar-refractivity contribution in [1.82, 2.24) is 39.9 Å². The first-order valence-electron chi connectivity index (χ1n) is 49.4. The predicted octanol–water partition coefficient (Wildman–Crippen LogP) is 38.2. The van der Waals surface area contributed by atoms with Crippen molar-refractivity contribution in [3.63, 3.8) is 0 Å². The van der Waals surface area contributed by atoms with E-state index in [1.54, 1.807) is 11.3 Å². The molecule has 32 rings (SSSR count). The van der Waals surface area contributed by atoms with Gasteiger partial charge in [-0.25, -0.2) is 39.9 Å². The molecule has 10 heterocycles. The largest absolute Gasteiger partial charge is 0.311 e. The maximum atomic E-state index is 5.60. The Morgan fingerprint density at radius 3 is 1.01 bits per heavy atom. The number of hydrogen-bond acceptors (Lipinski definition) is 13. The van der Waals surface area contributed by atoms with Crippen LogP contribution in [0.1, 0.15) is 0 Å². The molecule has 9 nitrogen and oxygen atoms in total. The van der Waals surface area contributed by atoms with Crippen LogP contribution in [-0.4, -0.2) is 39.9 Å². The van der Waals surface area contributed by atoms with Crippen LogP contribution in [0.4, 0.5) is 17.1 Å². The van der Waals surface area contributed by atoms with Gasteiger partial charge >= 0.3 is 0 Å². The summed E-state index contributed by atoms with van der Waals surface area (Å²) < 4.78 is 8.99. The van der Waals surface area contributed by atoms with Crippen LogP contribution < -0.4 is 4.90 Å². The van der Waals surface area contributed by atoms with E-state index in [1.807, 2.05) is 52.2 Å². The summed E-state index contributed by atoms with van der Waals surface area (Å²) in [6, 6.07) is 166. The molecule has 0 aliphatic heterocycles. The van der Waals surface area contributed by atoms with Gasteiger partial charge in [0.2, 0.25) is 0 Å². The Morgan fingerprint density at radius 1 is 0.163 bits per heavy atom. The number of hydrogen-bond donors (Lipinski definition) is 0. The monoisotopic (exact) mass is 1940 g/mol. The van der Waals surface area contributed by atoms with Crippen LogP contribution in [0.15, 0.2) is 467 Å². The van der Waals surface area contributed by atoms with Crippen molar-refractivity contribution in [3.8, 4) is 68.2 Å². The molecule has 10 aromatic heterocycles. The zero-order chi connectivity index (χ0) is 96.4. The number of rotatable bonds is 9. The molecule has 682 valence electrons. The minimum absolute atomic E-state index is 0.612. The van der Waals surface area contributed by atoms with Crippen LogP contribution in [0.3, 0.4) is 0 Å². The summed E-state index contributed by atoms with van der Waals surface area (Å²) in [4.78, 5) is 46.8. The quantitative estimate of drug-likeness (QED) is 0.131. The number of anilines is 3. The molecular weight excluding hydrogens is 1860 g/mol. The highest BCUT2D eigenvalue weighted by atomic mass is 32.1. The van der Waals surface area contributed by atoms with E-state index in [2.05, 4.69) is 454 Å². The minimum Gasteiger partial charge on any atom is -0.311 e. The number of nitrogens with zero attached hydrogens (tertiary/aromatic N) is 9. The van der Waals surface area contributed by atoms with E-state index in [9.17, 15) is 0 Å². The van der Waals surface area contributed by atoms with Gasteiger partial charge in [0, 0.05) is 185 Å². The number of benzene rings is 22. The van der Waals surface area contributed by atoms with Crippen LogP contribution in [0, 0.1) is 0 Å². The summed E-state index contributed by atoms with van der Waals surface area (Å²) in [6.07, 6.45) is 0. The van der Waals surface area contributed by atoms with Gasteiger partial charge in [-0.1, -0.05) is 388 Å². The molecule has 0 amide bonds. The Kier molecular flexibility index (Phi) is 19.6. The summed E-state index contributed by atoms with van der Waals surface area (Å²) in [5.41, 5.74) is 16.5. The molecule has 0 fully saturated rings. The van der Waals surface area contributed by atoms with Crippen LogP contribution in [0.25, 0.3) is 290 Å². The standard InChI is InChI=1S/C49H30N4S.C43H23N3S2.C42H24N2S/c1-3-15-32(16-4-1)53(33-17-5-2-6-18-33)34-29-27-31(28-30-34)45-39-23-11-13-25-41(39)50-49(52-45)47-36-20-8-7-19-35(36)43-44-40-24-12-14-26-42(40)54-48(44)38-22-10-9-21-37(38)46(43)51-47;1-2-12-25-23-26(22-21-24(25)11-1)38-37-32-18-8-10-20-34(32)48-43(37)46-42(45-38)40-28-14-4-3-13-27(28)35-36-31-17-7-9-19-33(31)47-41(36)30-16-6-5-15-29(30)39(35)44-40;1-2-13-26(14-3-1)39-31-23-22-25-12-4-5-15-27(25)34(31)24-35(43-39)40-29-17-7-6-16-28(29)37-38-33-20-10-11-21-36(33)45-42(38)32-19-9-8-18-30(32)41(37)44-40/h1-30H;1-23H;1-24H. The second-order valence-electron chi connectivity index (χ2n) is 37.5. The third-order valence-corrected chi connectivity index (χ3v) is 34.0. The second-order valence-corrected chi connectivity index (χ2v) is 41.7. The number of pyridine rings is 4. The van der Waals surface area contributed by atoms with Gasteiger partial charge in [0.15, 0.2) is 11.6 Å². The zero-order valence-electron chi connectivity index (χ0n) is 78.6. The first-order chi connectivity index (χ1) is 72.9. The summed E-state index contributed by atoms with van der Waals surface area (Å²) in [5, 5.41) is 35.6. The molecule has 0 radical (unpaired) electrons. The van der Waals surface area contributed by atoms with Crippen LogP contribution >= 0.6 is 45.3 Å². The van der Waals surface area contributed by atoms with Crippen molar-refractivity contribution in [2.75, 3.05) is 4.90 Å². The lowest BCUT2D eigenvalue weighted by Gasteiger charge is -2.25. The number of fused-ring (bicyclic) bond motifs is 38. The Bertz CT molecular complexity index is 11100. The maximum Gasteiger partial charge on any atom is 0.180 e. The molecule has 22 aromatic carbocycles. The molecule has 32 aromatic rings. The molecule has 0 N–H and O–H groups in total. The summed E-state index contributed by atoms with van der Waals surface area (Å²) >= 11 is 7.33. The average molecular weight is 1940 g/mol. The van der Waals surface area contributed by atoms with Crippen LogP contribution in [0.5, 0.6) is 0 Å². The molecule has 0 atom stereocenters. The van der Waals surface area contributed by atoms with Crippen LogP contribution in [-0.2, 0) is 0 Å². The molecule has 0 spiro atoms. The van der Waals surface area contributed by atoms with Gasteiger partial charge in [-0.3, -0.25) is 0 Å². The Balaban J connectivity index is 0.000000102. The summed E-state index contributed by atoms with van der Waals surface area (Å²) in [5.74, 6) is 1.26. The molecule has 147 heavy (non-hydrogen) atoms. The average Bonchev–Trinajstić information content (AvgIpc) is 1.63. The lowest BCUT2D eigenvalue weighted by molar-refractivity contribution is 1.20. The van der Waals surface area contributed by atoms with Crippen molar-refractivity contribution >= 4 is 284 Å². The highest BCUT2D eigenvalue weighted by Gasteiger charge is 2.29. The molecule has 0 bridgehead atoms. The normalized spacial score (nSPS) is 11.9. The zero-order valence-corrected chi connectivity index (χ0v) is 81.9. The van der Waals surface area contributed by atoms with E-state index in [1.165, 1.54) is 146 Å². The lowest BCUT2D eigenvalue weighted by Crippen LogP contribution is -2.09. The molecule has 0 aliphatic rings. The van der Waals surface area contributed by atoms with Crippen molar-refractivity contribution in [2.45, 2.75) is 0 Å². The van der Waals surface area contributed by atoms with Gasteiger partial charge < -0.3 is 4.90 Å². The van der Waals surface area contributed by atoms with Gasteiger partial charge in [0.25, 0.3) is 0 Å². The smallest absolute Gasteiger partial charge is 0.180 e. The van der Waals surface area contributed by atoms with Gasteiger partial charge in [-0.2, -0.15) is 0 Å². The SMILES string of the molecule is c1ccc(-c2nc(-c3nc4c5ccccc5c5sc6ccccc6c5c4c4ccccc34)cc3c2ccc2ccccc23)cc1.c1ccc(N(c2ccccc2)c2ccc(-c3nc(-c4nc5c6ccccc6c6sc7ccccc7c6c5c5ccccc45)nc4ccccc34)cc2)cc1.c1ccc2cc(-c3nc(-c4nc5c6ccccc6c6sc7ccccc7c6c5c5ccccc45)nc4sc5ccccc5c34)ccc2c1. The van der Waals surface area contributed by atoms with E-state index in [0.717, 1.165) is 149 Å². The van der Waals surface area contributed by atoms with E-state index in [-0.39, 0.29) is 0 Å². The fourth-order valence-electron chi connectivity index (χ4n) is 22.8. The summed E-state index contributed by atoms with van der Waals surface area (Å²) in [6.45, 7) is 0. The van der Waals surface area contributed by atoms with Gasteiger partial charge in [-0.05, 0) is 122 Å². The first kappa shape index (κ1) is 84.4. The van der Waals surface area contributed by atoms with Crippen molar-refractivity contribution in [1.29, 1.82) is 0 Å². The first-order valence-corrected chi connectivity index (χ1v) is 52.7. The number of thiophene rings is 4. The van der Waals surface area contributed by atoms with E-state index >= 15 is 0 Å². The van der Waals surface area contributed by atoms with E-state index in [0.29, 0.717) is 11.6 Å². The molecule has 13 heteroatoms. The third kappa shape index (κ3) is 13.6. The highest BCUT2D eigenvalue weighted by Crippen LogP contribution is 2.54. The lowest BCUT2D eigenvalue weighted by atomic mass is 9.93. The Labute approximate surface area is 856 Å². The molecule has 0 saturated carbocycles. The third-order valence-electron chi connectivity index (χ3n) is 29.3. The fourth-order valence-corrected chi connectivity index (χ4v) is 27.6. The van der Waals surface area contributed by atoms with Crippen molar-refractivity contribution < 1.29 is 0 Å². The van der Waals surface area contributed by atoms with E-state index in [4.69, 9.17) is 39.9 Å². The highest BCUT2D eigenvalue weighted by molar-refractivity contribution is 7.28. The predicted molar refractivity (Wildman–Crippen MR) is 628 cm³/mol. The van der Waals surface area contributed by atoms with E-state index < -0.39 is 0 Å². The minimum atomic E-state index is 0.612. The maximum absolute atomic E-state index is 5.60. The molecule has 0 saturated heterocycles. The van der Waals surface area contributed by atoms with Gasteiger partial charge in [-0.15, -0.1) is 45.3 Å². The Hall–Kier alpha value is -18.3. The topological polar surface area (TPSA) is 106 Å². The van der Waals surface area contributed by atoms with Gasteiger partial charge in [0.05, 0.1) is 50.5 Å². The molecular formula is C134H77N9S4. The van der Waals surface area contributed by atoms with Crippen molar-refractivity contribution in [2.24, 2.45) is 0 Å². The molecule has 0 unspecified atom stereocenters. The van der Waals surface area contributed by atoms with Crippen LogP contribution in [0.2, 0.25) is 0 Å². The Morgan fingerprint density at radius 2 is 0.503 bits per heavy atom. The molecule has 0 aliphatic carbocycles.